The second kappa shape index (κ2) is 9.21. The molecule has 0 saturated heterocycles. The molecular weight excluding hydrogens is 448 g/mol. The van der Waals surface area contributed by atoms with Crippen LogP contribution in [0.2, 0.25) is 0 Å². The Hall–Kier alpha value is -3.45. The summed E-state index contributed by atoms with van der Waals surface area (Å²) < 4.78 is 0. The number of carbonyl (C=O) groups is 1. The molecule has 7 heteroatoms. The number of amides is 1. The van der Waals surface area contributed by atoms with Crippen molar-refractivity contribution in [2.24, 2.45) is 0 Å². The lowest BCUT2D eigenvalue weighted by Crippen LogP contribution is -2.42. The molecule has 5 rings (SSSR count). The van der Waals surface area contributed by atoms with Crippen LogP contribution in [0, 0.1) is 0 Å². The molecule has 7 nitrogen and oxygen atoms in total. The lowest BCUT2D eigenvalue weighted by atomic mass is 9.85. The monoisotopic (exact) mass is 484 g/mol. The minimum Gasteiger partial charge on any atom is -0.349 e. The first-order chi connectivity index (χ1) is 17.1. The van der Waals surface area contributed by atoms with Crippen LogP contribution in [0.1, 0.15) is 74.6 Å². The SMILES string of the molecule is CC(C)(C)c1cccc(Nc2cc(Nc3ccc4c(c3)CCNC4(C)C)ncc2C(=O)NC2CC2)n1. The van der Waals surface area contributed by atoms with Gasteiger partial charge in [0.05, 0.1) is 11.3 Å². The Morgan fingerprint density at radius 2 is 1.86 bits per heavy atom. The standard InChI is InChI=1S/C29H36N6O/c1-28(2,3)24-7-6-8-25(35-24)34-23-16-26(30-17-21(23)27(36)33-19-9-10-19)32-20-11-12-22-18(15-20)13-14-31-29(22,4)5/h6-8,11-12,15-17,19,31H,9-10,13-14H2,1-5H3,(H,33,36)(H2,30,32,34,35). The third-order valence-electron chi connectivity index (χ3n) is 6.85. The van der Waals surface area contributed by atoms with Crippen LogP contribution in [-0.4, -0.2) is 28.5 Å². The molecule has 4 N–H and O–H groups in total. The Kier molecular flexibility index (Phi) is 6.20. The van der Waals surface area contributed by atoms with E-state index in [-0.39, 0.29) is 22.9 Å². The highest BCUT2D eigenvalue weighted by Crippen LogP contribution is 2.32. The Morgan fingerprint density at radius 1 is 1.06 bits per heavy atom. The average molecular weight is 485 g/mol. The van der Waals surface area contributed by atoms with E-state index in [2.05, 4.69) is 79.1 Å². The molecule has 1 fully saturated rings. The molecule has 0 spiro atoms. The molecular formula is C29H36N6O. The number of pyridine rings is 2. The van der Waals surface area contributed by atoms with Crippen LogP contribution in [0.15, 0.2) is 48.7 Å². The van der Waals surface area contributed by atoms with Crippen LogP contribution < -0.4 is 21.3 Å². The minimum atomic E-state index is -0.116. The Labute approximate surface area is 213 Å². The Morgan fingerprint density at radius 3 is 2.61 bits per heavy atom. The van der Waals surface area contributed by atoms with E-state index in [0.717, 1.165) is 37.2 Å². The lowest BCUT2D eigenvalue weighted by Gasteiger charge is -2.34. The van der Waals surface area contributed by atoms with Gasteiger partial charge in [-0.05, 0) is 75.0 Å². The highest BCUT2D eigenvalue weighted by Gasteiger charge is 2.27. The molecule has 1 aliphatic heterocycles. The number of carbonyl (C=O) groups excluding carboxylic acids is 1. The molecule has 1 aliphatic carbocycles. The second-order valence-corrected chi connectivity index (χ2v) is 11.4. The van der Waals surface area contributed by atoms with Crippen molar-refractivity contribution in [3.8, 4) is 0 Å². The summed E-state index contributed by atoms with van der Waals surface area (Å²) in [7, 11) is 0. The van der Waals surface area contributed by atoms with Gasteiger partial charge in [0.1, 0.15) is 11.6 Å². The third kappa shape index (κ3) is 5.36. The summed E-state index contributed by atoms with van der Waals surface area (Å²) in [4.78, 5) is 22.4. The predicted molar refractivity (Wildman–Crippen MR) is 145 cm³/mol. The van der Waals surface area contributed by atoms with E-state index in [1.165, 1.54) is 11.1 Å². The summed E-state index contributed by atoms with van der Waals surface area (Å²) in [6.07, 6.45) is 4.69. The third-order valence-corrected chi connectivity index (χ3v) is 6.85. The van der Waals surface area contributed by atoms with Gasteiger partial charge < -0.3 is 21.3 Å². The fourth-order valence-electron chi connectivity index (χ4n) is 4.60. The van der Waals surface area contributed by atoms with Crippen molar-refractivity contribution in [2.75, 3.05) is 17.2 Å². The summed E-state index contributed by atoms with van der Waals surface area (Å²) in [5.41, 5.74) is 5.69. The molecule has 1 aromatic carbocycles. The maximum Gasteiger partial charge on any atom is 0.255 e. The van der Waals surface area contributed by atoms with Gasteiger partial charge in [-0.25, -0.2) is 9.97 Å². The number of aromatic nitrogens is 2. The van der Waals surface area contributed by atoms with Crippen LogP contribution in [0.25, 0.3) is 0 Å². The van der Waals surface area contributed by atoms with Crippen molar-refractivity contribution in [1.29, 1.82) is 0 Å². The largest absolute Gasteiger partial charge is 0.349 e. The van der Waals surface area contributed by atoms with Gasteiger partial charge in [-0.2, -0.15) is 0 Å². The average Bonchev–Trinajstić information content (AvgIpc) is 3.62. The maximum absolute atomic E-state index is 13.0. The number of anilines is 4. The highest BCUT2D eigenvalue weighted by atomic mass is 16.1. The zero-order valence-electron chi connectivity index (χ0n) is 21.8. The van der Waals surface area contributed by atoms with Crippen molar-refractivity contribution >= 4 is 28.9 Å². The molecule has 0 atom stereocenters. The van der Waals surface area contributed by atoms with Gasteiger partial charge in [-0.1, -0.05) is 32.9 Å². The van der Waals surface area contributed by atoms with Crippen molar-refractivity contribution in [1.82, 2.24) is 20.6 Å². The fraction of sp³-hybridized carbons (Fsp3) is 0.414. The summed E-state index contributed by atoms with van der Waals surface area (Å²) in [6.45, 7) is 11.8. The summed E-state index contributed by atoms with van der Waals surface area (Å²) in [5, 5.41) is 13.5. The number of nitrogens with one attached hydrogen (secondary N) is 4. The number of fused-ring (bicyclic) bond motifs is 1. The topological polar surface area (TPSA) is 91.0 Å². The summed E-state index contributed by atoms with van der Waals surface area (Å²) >= 11 is 0. The number of benzene rings is 1. The summed E-state index contributed by atoms with van der Waals surface area (Å²) in [6, 6.07) is 14.6. The van der Waals surface area contributed by atoms with E-state index in [0.29, 0.717) is 22.9 Å². The maximum atomic E-state index is 13.0. The van der Waals surface area contributed by atoms with E-state index in [1.807, 2.05) is 24.3 Å². The molecule has 2 aromatic heterocycles. The van der Waals surface area contributed by atoms with Crippen molar-refractivity contribution in [2.45, 2.75) is 70.9 Å². The van der Waals surface area contributed by atoms with E-state index in [4.69, 9.17) is 4.98 Å². The Bertz CT molecular complexity index is 1290. The molecule has 2 aliphatic rings. The molecule has 36 heavy (non-hydrogen) atoms. The van der Waals surface area contributed by atoms with Gasteiger partial charge in [0.15, 0.2) is 0 Å². The van der Waals surface area contributed by atoms with Crippen molar-refractivity contribution in [3.63, 3.8) is 0 Å². The lowest BCUT2D eigenvalue weighted by molar-refractivity contribution is 0.0951. The highest BCUT2D eigenvalue weighted by molar-refractivity contribution is 6.00. The number of nitrogens with zero attached hydrogens (tertiary/aromatic N) is 2. The minimum absolute atomic E-state index is 0.0351. The Balaban J connectivity index is 1.44. The molecule has 188 valence electrons. The molecule has 0 radical (unpaired) electrons. The predicted octanol–water partition coefficient (Wildman–Crippen LogP) is 5.53. The van der Waals surface area contributed by atoms with Gasteiger partial charge in [0.25, 0.3) is 5.91 Å². The first-order valence-electron chi connectivity index (χ1n) is 12.8. The van der Waals surface area contributed by atoms with Gasteiger partial charge in [0.2, 0.25) is 0 Å². The van der Waals surface area contributed by atoms with E-state index < -0.39 is 0 Å². The normalized spacial score (nSPS) is 16.7. The second-order valence-electron chi connectivity index (χ2n) is 11.4. The van der Waals surface area contributed by atoms with Crippen LogP contribution in [0.3, 0.4) is 0 Å². The van der Waals surface area contributed by atoms with Crippen LogP contribution in [-0.2, 0) is 17.4 Å². The van der Waals surface area contributed by atoms with Crippen LogP contribution in [0.4, 0.5) is 23.0 Å². The van der Waals surface area contributed by atoms with Crippen LogP contribution >= 0.6 is 0 Å². The number of hydrogen-bond acceptors (Lipinski definition) is 6. The van der Waals surface area contributed by atoms with Crippen molar-refractivity contribution in [3.05, 3.63) is 71.0 Å². The fourth-order valence-corrected chi connectivity index (χ4v) is 4.60. The quantitative estimate of drug-likeness (QED) is 0.368. The van der Waals surface area contributed by atoms with Crippen LogP contribution in [0.5, 0.6) is 0 Å². The zero-order valence-corrected chi connectivity index (χ0v) is 21.8. The zero-order chi connectivity index (χ0) is 25.5. The van der Waals surface area contributed by atoms with Gasteiger partial charge in [-0.3, -0.25) is 4.79 Å². The van der Waals surface area contributed by atoms with E-state index in [9.17, 15) is 4.79 Å². The first-order valence-corrected chi connectivity index (χ1v) is 12.8. The van der Waals surface area contributed by atoms with Gasteiger partial charge in [-0.15, -0.1) is 0 Å². The summed E-state index contributed by atoms with van der Waals surface area (Å²) in [5.74, 6) is 1.25. The molecule has 1 amide bonds. The number of hydrogen-bond donors (Lipinski definition) is 4. The van der Waals surface area contributed by atoms with Gasteiger partial charge in [0, 0.05) is 40.6 Å². The smallest absolute Gasteiger partial charge is 0.255 e. The van der Waals surface area contributed by atoms with E-state index >= 15 is 0 Å². The molecule has 0 unspecified atom stereocenters. The van der Waals surface area contributed by atoms with E-state index in [1.54, 1.807) is 6.20 Å². The molecule has 3 aromatic rings. The molecule has 0 bridgehead atoms. The first kappa shape index (κ1) is 24.3. The number of rotatable bonds is 6. The van der Waals surface area contributed by atoms with Crippen molar-refractivity contribution < 1.29 is 4.79 Å². The molecule has 3 heterocycles. The van der Waals surface area contributed by atoms with Gasteiger partial charge >= 0.3 is 0 Å². The molecule has 1 saturated carbocycles.